The Morgan fingerprint density at radius 3 is 1.89 bits per heavy atom. The van der Waals surface area contributed by atoms with Crippen LogP contribution in [0.5, 0.6) is 17.2 Å². The molecular weight excluding hydrogens is 462 g/mol. The lowest BCUT2D eigenvalue weighted by molar-refractivity contribution is -0.129. The van der Waals surface area contributed by atoms with Gasteiger partial charge >= 0.3 is 5.97 Å². The molecule has 0 unspecified atom stereocenters. The first kappa shape index (κ1) is 27.5. The van der Waals surface area contributed by atoms with E-state index in [-0.39, 0.29) is 0 Å². The molecule has 0 aliphatic heterocycles. The summed E-state index contributed by atoms with van der Waals surface area (Å²) in [5.74, 6) is 1.32. The molecule has 0 N–H and O–H groups in total. The van der Waals surface area contributed by atoms with E-state index in [1.165, 1.54) is 57.3 Å². The van der Waals surface area contributed by atoms with E-state index in [4.69, 9.17) is 19.5 Å². The number of benzene rings is 3. The summed E-state index contributed by atoms with van der Waals surface area (Å²) in [6.45, 7) is 2.96. The van der Waals surface area contributed by atoms with E-state index in [1.54, 1.807) is 36.4 Å². The average molecular weight is 498 g/mol. The van der Waals surface area contributed by atoms with Gasteiger partial charge < -0.3 is 14.2 Å². The molecule has 0 aliphatic rings. The third-order valence-corrected chi connectivity index (χ3v) is 5.92. The second kappa shape index (κ2) is 15.9. The summed E-state index contributed by atoms with van der Waals surface area (Å²) >= 11 is 0. The van der Waals surface area contributed by atoms with Crippen LogP contribution in [0.3, 0.4) is 0 Å². The van der Waals surface area contributed by atoms with Gasteiger partial charge in [0.1, 0.15) is 17.2 Å². The molecule has 0 spiro atoms. The lowest BCUT2D eigenvalue weighted by atomic mass is 10.0. The van der Waals surface area contributed by atoms with Crippen LogP contribution in [-0.2, 0) is 4.79 Å². The average Bonchev–Trinajstić information content (AvgIpc) is 2.93. The van der Waals surface area contributed by atoms with Crippen molar-refractivity contribution < 1.29 is 19.0 Å². The standard InChI is InChI=1S/C32H35NO4/c1-2-3-4-5-6-7-8-9-23-35-29-18-20-30(21-19-29)36-24-22-32(34)37-31-16-14-28(15-17-31)27-12-10-26(25-33)11-13-27/h10-22,24H,2-9,23H2,1H3/b24-22+. The molecule has 5 heteroatoms. The summed E-state index contributed by atoms with van der Waals surface area (Å²) in [5, 5.41) is 8.91. The maximum Gasteiger partial charge on any atom is 0.339 e. The SMILES string of the molecule is CCCCCCCCCCOc1ccc(O/C=C/C(=O)Oc2ccc(-c3ccc(C#N)cc3)cc2)cc1. The number of ether oxygens (including phenoxy) is 3. The molecule has 0 bridgehead atoms. The molecule has 0 atom stereocenters. The first-order chi connectivity index (χ1) is 18.2. The van der Waals surface area contributed by atoms with Crippen LogP contribution in [0.15, 0.2) is 85.1 Å². The second-order valence-electron chi connectivity index (χ2n) is 8.85. The number of hydrogen-bond acceptors (Lipinski definition) is 5. The summed E-state index contributed by atoms with van der Waals surface area (Å²) in [7, 11) is 0. The van der Waals surface area contributed by atoms with Gasteiger partial charge in [-0.2, -0.15) is 5.26 Å². The van der Waals surface area contributed by atoms with E-state index in [9.17, 15) is 4.79 Å². The highest BCUT2D eigenvalue weighted by atomic mass is 16.5. The fourth-order valence-electron chi connectivity index (χ4n) is 3.81. The molecule has 0 saturated heterocycles. The fourth-order valence-corrected chi connectivity index (χ4v) is 3.81. The normalized spacial score (nSPS) is 10.7. The number of nitrogens with zero attached hydrogens (tertiary/aromatic N) is 1. The largest absolute Gasteiger partial charge is 0.494 e. The Bertz CT molecular complexity index is 1140. The van der Waals surface area contributed by atoms with E-state index in [0.717, 1.165) is 29.9 Å². The highest BCUT2D eigenvalue weighted by Crippen LogP contribution is 2.23. The molecule has 0 aliphatic carbocycles. The predicted molar refractivity (Wildman–Crippen MR) is 147 cm³/mol. The Labute approximate surface area is 220 Å². The van der Waals surface area contributed by atoms with E-state index >= 15 is 0 Å². The molecule has 0 aromatic heterocycles. The van der Waals surface area contributed by atoms with Crippen molar-refractivity contribution in [1.29, 1.82) is 5.26 Å². The molecule has 0 radical (unpaired) electrons. The van der Waals surface area contributed by atoms with Gasteiger partial charge in [0.05, 0.1) is 30.6 Å². The number of unbranched alkanes of at least 4 members (excludes halogenated alkanes) is 7. The third-order valence-electron chi connectivity index (χ3n) is 5.92. The minimum atomic E-state index is -0.531. The Morgan fingerprint density at radius 2 is 1.27 bits per heavy atom. The van der Waals surface area contributed by atoms with Gasteiger partial charge in [-0.3, -0.25) is 0 Å². The van der Waals surface area contributed by atoms with Crippen molar-refractivity contribution in [3.05, 3.63) is 90.7 Å². The summed E-state index contributed by atoms with van der Waals surface area (Å²) in [6, 6.07) is 23.9. The third kappa shape index (κ3) is 10.2. The zero-order valence-electron chi connectivity index (χ0n) is 21.5. The topological polar surface area (TPSA) is 68.6 Å². The predicted octanol–water partition coefficient (Wildman–Crippen LogP) is 8.24. The molecule has 0 amide bonds. The number of rotatable bonds is 15. The Balaban J connectivity index is 1.34. The van der Waals surface area contributed by atoms with Gasteiger partial charge in [0, 0.05) is 0 Å². The van der Waals surface area contributed by atoms with Crippen molar-refractivity contribution in [3.8, 4) is 34.4 Å². The van der Waals surface area contributed by atoms with Crippen molar-refractivity contribution in [2.75, 3.05) is 6.61 Å². The smallest absolute Gasteiger partial charge is 0.339 e. The van der Waals surface area contributed by atoms with Crippen molar-refractivity contribution in [1.82, 2.24) is 0 Å². The summed E-state index contributed by atoms with van der Waals surface area (Å²) in [6.07, 6.45) is 12.7. The highest BCUT2D eigenvalue weighted by Gasteiger charge is 2.03. The Kier molecular flexibility index (Phi) is 11.8. The van der Waals surface area contributed by atoms with Gasteiger partial charge in [0.15, 0.2) is 0 Å². The summed E-state index contributed by atoms with van der Waals surface area (Å²) in [5.41, 5.74) is 2.56. The van der Waals surface area contributed by atoms with E-state index in [1.807, 2.05) is 36.4 Å². The van der Waals surface area contributed by atoms with Crippen LogP contribution in [-0.4, -0.2) is 12.6 Å². The fraction of sp³-hybridized carbons (Fsp3) is 0.312. The first-order valence-corrected chi connectivity index (χ1v) is 13.1. The maximum atomic E-state index is 12.1. The van der Waals surface area contributed by atoms with Crippen LogP contribution in [0.25, 0.3) is 11.1 Å². The Hall–Kier alpha value is -4.04. The zero-order valence-corrected chi connectivity index (χ0v) is 21.5. The van der Waals surface area contributed by atoms with E-state index in [0.29, 0.717) is 17.1 Å². The van der Waals surface area contributed by atoms with Crippen molar-refractivity contribution in [2.45, 2.75) is 58.3 Å². The van der Waals surface area contributed by atoms with E-state index < -0.39 is 5.97 Å². The molecule has 3 rings (SSSR count). The van der Waals surface area contributed by atoms with Crippen molar-refractivity contribution >= 4 is 5.97 Å². The van der Waals surface area contributed by atoms with Gasteiger partial charge in [-0.15, -0.1) is 0 Å². The van der Waals surface area contributed by atoms with Gasteiger partial charge in [0.2, 0.25) is 0 Å². The lowest BCUT2D eigenvalue weighted by Gasteiger charge is -2.07. The quantitative estimate of drug-likeness (QED) is 0.0695. The number of hydrogen-bond donors (Lipinski definition) is 0. The molecular formula is C32H35NO4. The number of carbonyl (C=O) groups excluding carboxylic acids is 1. The monoisotopic (exact) mass is 497 g/mol. The van der Waals surface area contributed by atoms with Gasteiger partial charge in [-0.1, -0.05) is 76.1 Å². The minimum Gasteiger partial charge on any atom is -0.494 e. The number of carbonyl (C=O) groups is 1. The minimum absolute atomic E-state index is 0.435. The molecule has 192 valence electrons. The molecule has 3 aromatic carbocycles. The first-order valence-electron chi connectivity index (χ1n) is 13.1. The molecule has 37 heavy (non-hydrogen) atoms. The van der Waals surface area contributed by atoms with Crippen LogP contribution in [0.1, 0.15) is 63.9 Å². The number of nitriles is 1. The van der Waals surface area contributed by atoms with E-state index in [2.05, 4.69) is 13.0 Å². The van der Waals surface area contributed by atoms with Crippen LogP contribution >= 0.6 is 0 Å². The van der Waals surface area contributed by atoms with Gasteiger partial charge in [-0.05, 0) is 66.1 Å². The molecule has 0 heterocycles. The van der Waals surface area contributed by atoms with Crippen LogP contribution in [0, 0.1) is 11.3 Å². The molecule has 3 aromatic rings. The van der Waals surface area contributed by atoms with Crippen molar-refractivity contribution in [2.24, 2.45) is 0 Å². The lowest BCUT2D eigenvalue weighted by Crippen LogP contribution is -2.04. The van der Waals surface area contributed by atoms with Gasteiger partial charge in [-0.25, -0.2) is 4.79 Å². The second-order valence-corrected chi connectivity index (χ2v) is 8.85. The van der Waals surface area contributed by atoms with Crippen LogP contribution in [0.4, 0.5) is 0 Å². The molecule has 0 fully saturated rings. The van der Waals surface area contributed by atoms with Crippen LogP contribution < -0.4 is 14.2 Å². The van der Waals surface area contributed by atoms with Crippen molar-refractivity contribution in [3.63, 3.8) is 0 Å². The highest BCUT2D eigenvalue weighted by molar-refractivity contribution is 5.84. The van der Waals surface area contributed by atoms with Gasteiger partial charge in [0.25, 0.3) is 0 Å². The molecule has 5 nitrogen and oxygen atoms in total. The Morgan fingerprint density at radius 1 is 0.730 bits per heavy atom. The summed E-state index contributed by atoms with van der Waals surface area (Å²) in [4.78, 5) is 12.1. The maximum absolute atomic E-state index is 12.1. The summed E-state index contributed by atoms with van der Waals surface area (Å²) < 4.78 is 16.6. The zero-order chi connectivity index (χ0) is 26.1. The molecule has 0 saturated carbocycles. The van der Waals surface area contributed by atoms with Crippen LogP contribution in [0.2, 0.25) is 0 Å². The number of esters is 1.